The number of aliphatic carboxylic acids is 4. The zero-order chi connectivity index (χ0) is 70.3. The number of nitrogens with zero attached hydrogens (tertiary/aromatic N) is 5. The normalized spacial score (nSPS) is 14.7. The molecule has 0 saturated carbocycles. The van der Waals surface area contributed by atoms with Gasteiger partial charge in [0.25, 0.3) is 5.91 Å². The summed E-state index contributed by atoms with van der Waals surface area (Å²) in [4.78, 5) is 159. The number of amides is 6. The van der Waals surface area contributed by atoms with Crippen LogP contribution in [0.5, 0.6) is 0 Å². The lowest BCUT2D eigenvalue weighted by atomic mass is 10.1. The van der Waals surface area contributed by atoms with Crippen LogP contribution in [-0.2, 0) is 58.8 Å². The maximum absolute atomic E-state index is 17.0. The minimum Gasteiger partial charge on any atom is -0.481 e. The Kier molecular flexibility index (Phi) is 36.1. The lowest BCUT2D eigenvalue weighted by Crippen LogP contribution is -2.47. The van der Waals surface area contributed by atoms with Crippen LogP contribution >= 0.6 is 33.3 Å². The molecule has 0 spiro atoms. The van der Waals surface area contributed by atoms with E-state index in [2.05, 4.69) is 47.5 Å². The Morgan fingerprint density at radius 2 is 1.18 bits per heavy atom. The van der Waals surface area contributed by atoms with Crippen LogP contribution in [-0.4, -0.2) is 230 Å². The topological polar surface area (TPSA) is 468 Å². The number of carboxylic acid groups (broad SMARTS) is 4. The van der Waals surface area contributed by atoms with E-state index in [1.165, 1.54) is 18.3 Å². The van der Waals surface area contributed by atoms with E-state index >= 15 is 3.89 Å². The van der Waals surface area contributed by atoms with E-state index in [-0.39, 0.29) is 140 Å². The number of carboxylic acids is 4. The van der Waals surface area contributed by atoms with E-state index < -0.39 is 158 Å². The third-order valence-corrected chi connectivity index (χ3v) is 23.6. The molecule has 2 aromatic rings. The van der Waals surface area contributed by atoms with Gasteiger partial charge < -0.3 is 72.3 Å². The second-order valence-electron chi connectivity index (χ2n) is 24.2. The molecule has 1 heterocycles. The maximum Gasteiger partial charge on any atom is 0.326 e. The minimum atomic E-state index is -4.13. The highest BCUT2D eigenvalue weighted by Gasteiger charge is 2.48. The third kappa shape index (κ3) is 31.9. The van der Waals surface area contributed by atoms with Crippen molar-refractivity contribution in [3.8, 4) is 0 Å². The SMILES string of the molecule is CCC(=O)NC(CCCNC(=O)CCC(=O)NCCCCC(NC(=O)C(CNC(=O)c1ccc(S(F)(C(C)(C)C)C(C)(C)C)cc1)n1cc(CNC(=O)CCP(=O)(O)CN(CCNCP(O)CCC(=O)O)CCN(CC)CP(=O)(O)CCC(=O)O)nn1)C(=O)O)C(=O)O. The fourth-order valence-electron chi connectivity index (χ4n) is 9.49. The Morgan fingerprint density at radius 3 is 1.73 bits per heavy atom. The van der Waals surface area contributed by atoms with Gasteiger partial charge in [0.15, 0.2) is 0 Å². The van der Waals surface area contributed by atoms with Crippen molar-refractivity contribution in [2.24, 2.45) is 0 Å². The molecule has 0 radical (unpaired) electrons. The van der Waals surface area contributed by atoms with Crippen molar-refractivity contribution in [3.63, 3.8) is 0 Å². The first kappa shape index (κ1) is 83.1. The Hall–Kier alpha value is -6.01. The summed E-state index contributed by atoms with van der Waals surface area (Å²) in [5.74, 6) is -8.53. The van der Waals surface area contributed by atoms with Crippen molar-refractivity contribution in [3.05, 3.63) is 41.7 Å². The van der Waals surface area contributed by atoms with E-state index in [4.69, 9.17) is 10.2 Å². The van der Waals surface area contributed by atoms with Crippen molar-refractivity contribution < 1.29 is 96.1 Å². The monoisotopic (exact) mass is 1400 g/mol. The summed E-state index contributed by atoms with van der Waals surface area (Å²) in [7, 11) is -12.6. The molecular formula is C57H98FN12O19P3S. The van der Waals surface area contributed by atoms with Gasteiger partial charge in [-0.15, -0.1) is 5.10 Å². The van der Waals surface area contributed by atoms with Crippen molar-refractivity contribution in [2.75, 3.05) is 89.7 Å². The van der Waals surface area contributed by atoms with Crippen LogP contribution in [0.15, 0.2) is 35.4 Å². The summed E-state index contributed by atoms with van der Waals surface area (Å²) in [5.41, 5.74) is 0.195. The Morgan fingerprint density at radius 1 is 0.656 bits per heavy atom. The molecule has 0 saturated heterocycles. The first-order chi connectivity index (χ1) is 43.3. The molecule has 6 amide bonds. The van der Waals surface area contributed by atoms with E-state index in [1.54, 1.807) is 35.8 Å². The fourth-order valence-corrected chi connectivity index (χ4v) is 17.5. The van der Waals surface area contributed by atoms with Crippen molar-refractivity contribution in [1.82, 2.24) is 62.0 Å². The average molecular weight is 1400 g/mol. The first-order valence-electron chi connectivity index (χ1n) is 30.6. The third-order valence-electron chi connectivity index (χ3n) is 14.5. The van der Waals surface area contributed by atoms with Gasteiger partial charge in [-0.25, -0.2) is 14.3 Å². The number of likely N-dealkylation sites (N-methyl/N-ethyl adjacent to an activating group) is 1. The summed E-state index contributed by atoms with van der Waals surface area (Å²) < 4.78 is 43.0. The van der Waals surface area contributed by atoms with Crippen LogP contribution in [0.4, 0.5) is 3.89 Å². The van der Waals surface area contributed by atoms with Gasteiger partial charge in [0.1, 0.15) is 23.8 Å². The molecule has 6 atom stereocenters. The van der Waals surface area contributed by atoms with Gasteiger partial charge in [0, 0.05) is 124 Å². The molecule has 1 aromatic heterocycles. The highest BCUT2D eigenvalue weighted by atomic mass is 32.3. The minimum absolute atomic E-state index is 0.0484. The zero-order valence-corrected chi connectivity index (χ0v) is 57.9. The standard InChI is InChI=1S/C57H98FN12O19P3S/c1-9-46(71)64-43(54(81)82)15-13-26-61-48(73)21-20-47(72)60-25-12-11-14-44(55(83)84)65-53(80)45(35-63-52(79)40-16-18-42(19-17-40)93(58,56(3,4)5)57(6,7)8)70-36-41(66-67-70)34-62-49(74)23-32-91(86,87)39-69(28-27-59-37-90(85)31-22-50(75)76)30-29-68(10-2)38-92(88,89)33-24-51(77)78/h16-19,36,43-45,59,85H,9-15,20-35,37-39H2,1-8H3,(H,60,72)(H,61,73)(H,62,74)(H,63,79)(H,64,71)(H,65,80)(H,75,76)(H,77,78)(H,81,82)(H,83,84)(H,86,87)(H,88,89). The molecule has 2 rings (SSSR count). The van der Waals surface area contributed by atoms with Gasteiger partial charge in [0.2, 0.25) is 44.3 Å². The number of rotatable bonds is 47. The molecule has 0 aliphatic heterocycles. The van der Waals surface area contributed by atoms with Gasteiger partial charge in [0.05, 0.1) is 38.2 Å². The molecule has 0 aliphatic rings. The molecule has 14 N–H and O–H groups in total. The van der Waals surface area contributed by atoms with Crippen molar-refractivity contribution in [1.29, 1.82) is 0 Å². The molecule has 31 nitrogen and oxygen atoms in total. The maximum atomic E-state index is 17.0. The van der Waals surface area contributed by atoms with Gasteiger partial charge in [-0.05, 0) is 104 Å². The lowest BCUT2D eigenvalue weighted by Gasteiger charge is -2.52. The van der Waals surface area contributed by atoms with Crippen LogP contribution in [0.25, 0.3) is 0 Å². The van der Waals surface area contributed by atoms with E-state index in [9.17, 15) is 82.0 Å². The Labute approximate surface area is 545 Å². The van der Waals surface area contributed by atoms with E-state index in [0.29, 0.717) is 4.90 Å². The lowest BCUT2D eigenvalue weighted by molar-refractivity contribution is -0.142. The van der Waals surface area contributed by atoms with Crippen molar-refractivity contribution in [2.45, 2.75) is 165 Å². The molecule has 0 fully saturated rings. The summed E-state index contributed by atoms with van der Waals surface area (Å²) in [6.45, 7) is 14.4. The Bertz CT molecular complexity index is 2890. The van der Waals surface area contributed by atoms with Crippen molar-refractivity contribution >= 4 is 92.6 Å². The predicted octanol–water partition coefficient (Wildman–Crippen LogP) is 3.38. The average Bonchev–Trinajstić information content (AvgIpc) is 1.15. The second-order valence-corrected chi connectivity index (χ2v) is 34.8. The number of hydrogen-bond acceptors (Lipinski definition) is 18. The molecule has 1 aromatic carbocycles. The number of halogens is 1. The van der Waals surface area contributed by atoms with Crippen LogP contribution < -0.4 is 37.2 Å². The van der Waals surface area contributed by atoms with Gasteiger partial charge in [-0.2, -0.15) is 3.89 Å². The molecule has 528 valence electrons. The highest BCUT2D eigenvalue weighted by molar-refractivity contribution is 8.31. The molecule has 36 heteroatoms. The number of carbonyl (C=O) groups excluding carboxylic acids is 6. The van der Waals surface area contributed by atoms with Gasteiger partial charge >= 0.3 is 23.9 Å². The zero-order valence-electron chi connectivity index (χ0n) is 54.4. The summed E-state index contributed by atoms with van der Waals surface area (Å²) in [6, 6.07) is 1.97. The van der Waals surface area contributed by atoms with Crippen LogP contribution in [0.1, 0.15) is 148 Å². The number of aromatic nitrogens is 3. The van der Waals surface area contributed by atoms with E-state index in [1.807, 2.05) is 41.5 Å². The number of benzene rings is 1. The summed E-state index contributed by atoms with van der Waals surface area (Å²) >= 11 is 0. The second kappa shape index (κ2) is 40.4. The highest BCUT2D eigenvalue weighted by Crippen LogP contribution is 2.74. The fraction of sp³-hybridized carbons (Fsp3) is 0.684. The summed E-state index contributed by atoms with van der Waals surface area (Å²) in [6.07, 6.45) is -1.06. The molecule has 0 bridgehead atoms. The molecular weight excluding hydrogens is 1300 g/mol. The van der Waals surface area contributed by atoms with Gasteiger partial charge in [-0.1, -0.05) is 29.5 Å². The van der Waals surface area contributed by atoms with Crippen LogP contribution in [0.3, 0.4) is 0 Å². The van der Waals surface area contributed by atoms with Gasteiger partial charge in [-0.3, -0.25) is 57.3 Å². The largest absolute Gasteiger partial charge is 0.481 e. The number of unbranched alkanes of at least 4 members (excludes halogenated alkanes) is 1. The van der Waals surface area contributed by atoms with E-state index in [0.717, 1.165) is 4.68 Å². The number of nitrogens with one attached hydrogen (secondary N) is 7. The first-order valence-corrected chi connectivity index (χ1v) is 37.9. The quantitative estimate of drug-likeness (QED) is 0.0333. The molecule has 0 aliphatic carbocycles. The molecule has 6 unspecified atom stereocenters. The van der Waals surface area contributed by atoms with Crippen LogP contribution in [0.2, 0.25) is 0 Å². The van der Waals surface area contributed by atoms with Crippen LogP contribution in [0, 0.1) is 0 Å². The summed E-state index contributed by atoms with van der Waals surface area (Å²) in [5, 5.41) is 64.0. The predicted molar refractivity (Wildman–Crippen MR) is 348 cm³/mol. The number of hydrogen-bond donors (Lipinski definition) is 14. The molecule has 93 heavy (non-hydrogen) atoms. The smallest absolute Gasteiger partial charge is 0.326 e. The number of carbonyl (C=O) groups is 10. The Balaban J connectivity index is 2.21.